The maximum atomic E-state index is 12.5. The summed E-state index contributed by atoms with van der Waals surface area (Å²) >= 11 is 0. The van der Waals surface area contributed by atoms with Gasteiger partial charge in [-0.05, 0) is 44.4 Å². The fourth-order valence-electron chi connectivity index (χ4n) is 2.30. The quantitative estimate of drug-likeness (QED) is 0.453. The molecule has 0 aliphatic carbocycles. The van der Waals surface area contributed by atoms with Gasteiger partial charge in [-0.3, -0.25) is 9.59 Å². The lowest BCUT2D eigenvalue weighted by Gasteiger charge is -2.22. The summed E-state index contributed by atoms with van der Waals surface area (Å²) in [4.78, 5) is 25.5. The molecule has 25 heavy (non-hydrogen) atoms. The lowest BCUT2D eigenvalue weighted by molar-refractivity contribution is -0.142. The second-order valence-electron chi connectivity index (χ2n) is 5.74. The van der Waals surface area contributed by atoms with Crippen LogP contribution in [0.5, 0.6) is 5.75 Å². The van der Waals surface area contributed by atoms with Gasteiger partial charge >= 0.3 is 5.97 Å². The molecule has 0 N–H and O–H groups in total. The molecule has 0 atom stereocenters. The van der Waals surface area contributed by atoms with Crippen LogP contribution < -0.4 is 4.74 Å². The number of esters is 1. The molecule has 0 aromatic heterocycles. The molecule has 1 aromatic rings. The number of aryl methyl sites for hydroxylation is 1. The van der Waals surface area contributed by atoms with E-state index in [0.29, 0.717) is 38.5 Å². The predicted octanol–water partition coefficient (Wildman–Crippen LogP) is 2.50. The van der Waals surface area contributed by atoms with Gasteiger partial charge in [0.2, 0.25) is 0 Å². The average molecular weight is 351 g/mol. The van der Waals surface area contributed by atoms with E-state index in [1.54, 1.807) is 4.90 Å². The third kappa shape index (κ3) is 7.56. The van der Waals surface area contributed by atoms with Gasteiger partial charge in [0.15, 0.2) is 6.61 Å². The Balaban J connectivity index is 2.60. The Morgan fingerprint density at radius 3 is 2.60 bits per heavy atom. The summed E-state index contributed by atoms with van der Waals surface area (Å²) in [6, 6.07) is 5.75. The highest BCUT2D eigenvalue weighted by atomic mass is 16.5. The zero-order valence-electron chi connectivity index (χ0n) is 15.7. The monoisotopic (exact) mass is 351 g/mol. The highest BCUT2D eigenvalue weighted by Gasteiger charge is 2.16. The molecule has 0 unspecified atom stereocenters. The predicted molar refractivity (Wildman–Crippen MR) is 95.7 cm³/mol. The van der Waals surface area contributed by atoms with Crippen molar-refractivity contribution in [1.82, 2.24) is 4.90 Å². The van der Waals surface area contributed by atoms with Gasteiger partial charge in [0.25, 0.3) is 5.91 Å². The van der Waals surface area contributed by atoms with Crippen LogP contribution in [-0.4, -0.2) is 56.8 Å². The summed E-state index contributed by atoms with van der Waals surface area (Å²) in [5.41, 5.74) is 2.14. The number of benzene rings is 1. The number of carbonyl (C=O) groups is 2. The van der Waals surface area contributed by atoms with Crippen molar-refractivity contribution in [3.8, 4) is 5.75 Å². The van der Waals surface area contributed by atoms with Gasteiger partial charge in [0.05, 0.1) is 13.5 Å². The van der Waals surface area contributed by atoms with Crippen LogP contribution >= 0.6 is 0 Å². The molecule has 0 fully saturated rings. The van der Waals surface area contributed by atoms with Crippen LogP contribution in [0.25, 0.3) is 0 Å². The maximum absolute atomic E-state index is 12.5. The molecule has 1 aromatic carbocycles. The summed E-state index contributed by atoms with van der Waals surface area (Å²) in [6.45, 7) is 7.90. The van der Waals surface area contributed by atoms with Crippen LogP contribution in [0.2, 0.25) is 0 Å². The zero-order valence-corrected chi connectivity index (χ0v) is 15.7. The minimum Gasteiger partial charge on any atom is -0.483 e. The zero-order chi connectivity index (χ0) is 18.7. The molecule has 1 rings (SSSR count). The molecule has 0 aliphatic rings. The highest BCUT2D eigenvalue weighted by Crippen LogP contribution is 2.20. The SMILES string of the molecule is CCOCCCN(CCC(=O)OC)C(=O)COc1cccc(C)c1C. The molecule has 0 radical (unpaired) electrons. The van der Waals surface area contributed by atoms with Crippen molar-refractivity contribution in [1.29, 1.82) is 0 Å². The van der Waals surface area contributed by atoms with Crippen molar-refractivity contribution >= 4 is 11.9 Å². The number of hydrogen-bond donors (Lipinski definition) is 0. The second kappa shape index (κ2) is 11.5. The van der Waals surface area contributed by atoms with Crippen LogP contribution in [0.1, 0.15) is 30.9 Å². The van der Waals surface area contributed by atoms with Crippen LogP contribution in [0, 0.1) is 13.8 Å². The van der Waals surface area contributed by atoms with Crippen molar-refractivity contribution in [2.45, 2.75) is 33.6 Å². The van der Waals surface area contributed by atoms with Crippen molar-refractivity contribution in [3.63, 3.8) is 0 Å². The topological polar surface area (TPSA) is 65.1 Å². The molecule has 0 saturated carbocycles. The van der Waals surface area contributed by atoms with E-state index in [9.17, 15) is 9.59 Å². The van der Waals surface area contributed by atoms with E-state index in [1.165, 1.54) is 7.11 Å². The first-order valence-electron chi connectivity index (χ1n) is 8.61. The summed E-state index contributed by atoms with van der Waals surface area (Å²) in [6.07, 6.45) is 0.880. The van der Waals surface area contributed by atoms with Crippen molar-refractivity contribution < 1.29 is 23.8 Å². The van der Waals surface area contributed by atoms with Crippen LogP contribution in [0.3, 0.4) is 0 Å². The van der Waals surface area contributed by atoms with Gasteiger partial charge in [-0.15, -0.1) is 0 Å². The highest BCUT2D eigenvalue weighted by molar-refractivity contribution is 5.78. The number of hydrogen-bond acceptors (Lipinski definition) is 5. The summed E-state index contributed by atoms with van der Waals surface area (Å²) in [5.74, 6) is 0.218. The lowest BCUT2D eigenvalue weighted by Crippen LogP contribution is -2.37. The molecule has 0 bridgehead atoms. The fraction of sp³-hybridized carbons (Fsp3) is 0.579. The summed E-state index contributed by atoms with van der Waals surface area (Å²) in [5, 5.41) is 0. The second-order valence-corrected chi connectivity index (χ2v) is 5.74. The first kappa shape index (κ1) is 21.0. The Morgan fingerprint density at radius 1 is 1.16 bits per heavy atom. The van der Waals surface area contributed by atoms with E-state index in [0.717, 1.165) is 11.1 Å². The van der Waals surface area contributed by atoms with Crippen LogP contribution in [0.15, 0.2) is 18.2 Å². The largest absolute Gasteiger partial charge is 0.483 e. The molecule has 1 amide bonds. The van der Waals surface area contributed by atoms with Gasteiger partial charge in [-0.25, -0.2) is 0 Å². The minimum absolute atomic E-state index is 0.0555. The van der Waals surface area contributed by atoms with E-state index < -0.39 is 0 Å². The third-order valence-corrected chi connectivity index (χ3v) is 3.99. The standard InChI is InChI=1S/C19H29NO5/c1-5-24-13-7-11-20(12-10-19(22)23-4)18(21)14-25-17-9-6-8-15(2)16(17)3/h6,8-9H,5,7,10-14H2,1-4H3. The molecule has 0 heterocycles. The van der Waals surface area contributed by atoms with Crippen LogP contribution in [0.4, 0.5) is 0 Å². The van der Waals surface area contributed by atoms with Gasteiger partial charge in [0.1, 0.15) is 5.75 Å². The summed E-state index contributed by atoms with van der Waals surface area (Å²) < 4.78 is 15.6. The van der Waals surface area contributed by atoms with E-state index in [2.05, 4.69) is 4.74 Å². The van der Waals surface area contributed by atoms with E-state index in [-0.39, 0.29) is 24.9 Å². The normalized spacial score (nSPS) is 10.4. The number of nitrogens with zero attached hydrogens (tertiary/aromatic N) is 1. The molecule has 6 heteroatoms. The first-order valence-corrected chi connectivity index (χ1v) is 8.61. The number of methoxy groups -OCH3 is 1. The van der Waals surface area contributed by atoms with Crippen LogP contribution in [-0.2, 0) is 19.1 Å². The Kier molecular flexibility index (Phi) is 9.62. The Hall–Kier alpha value is -2.08. The minimum atomic E-state index is -0.335. The third-order valence-electron chi connectivity index (χ3n) is 3.99. The van der Waals surface area contributed by atoms with E-state index in [4.69, 9.17) is 9.47 Å². The van der Waals surface area contributed by atoms with Gasteiger partial charge in [-0.2, -0.15) is 0 Å². The number of carbonyl (C=O) groups excluding carboxylic acids is 2. The summed E-state index contributed by atoms with van der Waals surface area (Å²) in [7, 11) is 1.34. The number of ether oxygens (including phenoxy) is 3. The first-order chi connectivity index (χ1) is 12.0. The average Bonchev–Trinajstić information content (AvgIpc) is 2.61. The van der Waals surface area contributed by atoms with Crippen molar-refractivity contribution in [3.05, 3.63) is 29.3 Å². The number of rotatable bonds is 11. The van der Waals surface area contributed by atoms with Crippen molar-refractivity contribution in [2.75, 3.05) is 40.0 Å². The van der Waals surface area contributed by atoms with Crippen molar-refractivity contribution in [2.24, 2.45) is 0 Å². The molecular weight excluding hydrogens is 322 g/mol. The number of amides is 1. The molecule has 0 aliphatic heterocycles. The van der Waals surface area contributed by atoms with Gasteiger partial charge in [0, 0.05) is 26.3 Å². The lowest BCUT2D eigenvalue weighted by atomic mass is 10.1. The fourth-order valence-corrected chi connectivity index (χ4v) is 2.30. The molecule has 6 nitrogen and oxygen atoms in total. The Labute approximate surface area is 150 Å². The molecule has 0 saturated heterocycles. The maximum Gasteiger partial charge on any atom is 0.307 e. The Bertz CT molecular complexity index is 559. The van der Waals surface area contributed by atoms with E-state index >= 15 is 0 Å². The molecular formula is C19H29NO5. The van der Waals surface area contributed by atoms with Gasteiger partial charge in [-0.1, -0.05) is 12.1 Å². The van der Waals surface area contributed by atoms with Gasteiger partial charge < -0.3 is 19.1 Å². The molecule has 0 spiro atoms. The van der Waals surface area contributed by atoms with E-state index in [1.807, 2.05) is 39.0 Å². The Morgan fingerprint density at radius 2 is 1.92 bits per heavy atom. The smallest absolute Gasteiger partial charge is 0.307 e. The molecule has 140 valence electrons.